The maximum Gasteiger partial charge on any atom is 0.191 e. The fourth-order valence-electron chi connectivity index (χ4n) is 2.84. The van der Waals surface area contributed by atoms with Crippen LogP contribution < -0.4 is 10.6 Å². The molecule has 0 heterocycles. The van der Waals surface area contributed by atoms with Crippen LogP contribution in [0.4, 0.5) is 4.39 Å². The van der Waals surface area contributed by atoms with Gasteiger partial charge in [-0.25, -0.2) is 4.39 Å². The van der Waals surface area contributed by atoms with E-state index in [1.54, 1.807) is 20.2 Å². The van der Waals surface area contributed by atoms with Crippen LogP contribution in [-0.2, 0) is 14.9 Å². The monoisotopic (exact) mass is 479 g/mol. The van der Waals surface area contributed by atoms with Gasteiger partial charge in [0.15, 0.2) is 5.96 Å². The van der Waals surface area contributed by atoms with E-state index in [0.29, 0.717) is 19.8 Å². The quantitative estimate of drug-likeness (QED) is 0.222. The topological polar surface area (TPSA) is 54.9 Å². The number of guanidine groups is 1. The number of hydrogen-bond donors (Lipinski definition) is 2. The smallest absolute Gasteiger partial charge is 0.191 e. The lowest BCUT2D eigenvalue weighted by molar-refractivity contribution is 0.0689. The van der Waals surface area contributed by atoms with Gasteiger partial charge >= 0.3 is 0 Å². The minimum Gasteiger partial charge on any atom is -0.382 e. The lowest BCUT2D eigenvalue weighted by atomic mass is 9.95. The van der Waals surface area contributed by atoms with E-state index in [1.165, 1.54) is 6.07 Å². The Morgan fingerprint density at radius 3 is 2.58 bits per heavy atom. The molecule has 1 fully saturated rings. The molecule has 2 N–H and O–H groups in total. The number of halogens is 2. The molecular weight excluding hydrogens is 448 g/mol. The van der Waals surface area contributed by atoms with E-state index in [4.69, 9.17) is 9.47 Å². The Kier molecular flexibility index (Phi) is 11.1. The van der Waals surface area contributed by atoms with Crippen molar-refractivity contribution in [2.24, 2.45) is 4.99 Å². The Morgan fingerprint density at radius 2 is 1.92 bits per heavy atom. The number of aliphatic imine (C=N–C) groups is 1. The van der Waals surface area contributed by atoms with Gasteiger partial charge in [-0.05, 0) is 37.3 Å². The van der Waals surface area contributed by atoms with Gasteiger partial charge in [0.25, 0.3) is 0 Å². The molecule has 0 aromatic heterocycles. The summed E-state index contributed by atoms with van der Waals surface area (Å²) in [6.07, 6.45) is 4.02. The molecule has 7 heteroatoms. The van der Waals surface area contributed by atoms with E-state index in [-0.39, 0.29) is 35.2 Å². The molecule has 0 spiro atoms. The van der Waals surface area contributed by atoms with Crippen LogP contribution in [0.15, 0.2) is 29.3 Å². The van der Waals surface area contributed by atoms with Crippen molar-refractivity contribution >= 4 is 29.9 Å². The number of nitrogens with zero attached hydrogens (tertiary/aromatic N) is 1. The molecule has 0 aliphatic heterocycles. The Balaban J connectivity index is 0.00000338. The third-order valence-corrected chi connectivity index (χ3v) is 4.56. The second-order valence-corrected chi connectivity index (χ2v) is 6.42. The third-order valence-electron chi connectivity index (χ3n) is 4.56. The van der Waals surface area contributed by atoms with Gasteiger partial charge < -0.3 is 20.1 Å². The van der Waals surface area contributed by atoms with Gasteiger partial charge in [-0.2, -0.15) is 0 Å². The van der Waals surface area contributed by atoms with Gasteiger partial charge in [0.1, 0.15) is 5.82 Å². The lowest BCUT2D eigenvalue weighted by Crippen LogP contribution is -2.41. The molecule has 1 aliphatic carbocycles. The van der Waals surface area contributed by atoms with E-state index >= 15 is 0 Å². The first kappa shape index (κ1) is 23.1. The van der Waals surface area contributed by atoms with Crippen molar-refractivity contribution in [1.82, 2.24) is 10.6 Å². The van der Waals surface area contributed by atoms with Crippen molar-refractivity contribution in [3.63, 3.8) is 0 Å². The first-order valence-corrected chi connectivity index (χ1v) is 8.98. The molecule has 5 nitrogen and oxygen atoms in total. The third kappa shape index (κ3) is 7.36. The summed E-state index contributed by atoms with van der Waals surface area (Å²) < 4.78 is 24.4. The summed E-state index contributed by atoms with van der Waals surface area (Å²) >= 11 is 0. The van der Waals surface area contributed by atoms with Gasteiger partial charge in [0.2, 0.25) is 0 Å². The van der Waals surface area contributed by atoms with Crippen LogP contribution in [0.3, 0.4) is 0 Å². The summed E-state index contributed by atoms with van der Waals surface area (Å²) in [5.74, 6) is 0.654. The predicted molar refractivity (Wildman–Crippen MR) is 114 cm³/mol. The largest absolute Gasteiger partial charge is 0.382 e. The number of hydrogen-bond acceptors (Lipinski definition) is 3. The standard InChI is InChI=1S/C19H30FN3O2.HI/c1-21-18(22-11-5-6-12-25-14-13-24-2)23-15-19(9-10-19)16-7-3-4-8-17(16)20;/h3-4,7-8H,5-6,9-15H2,1-2H3,(H2,21,22,23);1H. The minimum atomic E-state index is -0.113. The van der Waals surface area contributed by atoms with E-state index in [1.807, 2.05) is 12.1 Å². The fraction of sp³-hybridized carbons (Fsp3) is 0.632. The Labute approximate surface area is 173 Å². The first-order chi connectivity index (χ1) is 12.2. The molecule has 1 aromatic carbocycles. The van der Waals surface area contributed by atoms with Crippen molar-refractivity contribution in [1.29, 1.82) is 0 Å². The maximum atomic E-state index is 14.0. The molecule has 1 aliphatic rings. The first-order valence-electron chi connectivity index (χ1n) is 8.98. The fourth-order valence-corrected chi connectivity index (χ4v) is 2.84. The summed E-state index contributed by atoms with van der Waals surface area (Å²) in [7, 11) is 3.43. The molecule has 0 unspecified atom stereocenters. The predicted octanol–water partition coefficient (Wildman–Crippen LogP) is 3.08. The second kappa shape index (κ2) is 12.5. The highest BCUT2D eigenvalue weighted by Gasteiger charge is 2.45. The van der Waals surface area contributed by atoms with E-state index < -0.39 is 0 Å². The SMILES string of the molecule is CN=C(NCCCCOCCOC)NCC1(c2ccccc2F)CC1.I. The highest BCUT2D eigenvalue weighted by Crippen LogP contribution is 2.48. The molecule has 0 bridgehead atoms. The number of benzene rings is 1. The van der Waals surface area contributed by atoms with Crippen molar-refractivity contribution in [2.75, 3.05) is 47.1 Å². The molecule has 26 heavy (non-hydrogen) atoms. The van der Waals surface area contributed by atoms with Crippen LogP contribution in [0.2, 0.25) is 0 Å². The summed E-state index contributed by atoms with van der Waals surface area (Å²) in [6.45, 7) is 3.56. The lowest BCUT2D eigenvalue weighted by Gasteiger charge is -2.19. The van der Waals surface area contributed by atoms with Crippen LogP contribution in [0.25, 0.3) is 0 Å². The molecule has 1 aromatic rings. The van der Waals surface area contributed by atoms with Crippen molar-refractivity contribution in [3.8, 4) is 0 Å². The van der Waals surface area contributed by atoms with Gasteiger partial charge in [0, 0.05) is 39.3 Å². The van der Waals surface area contributed by atoms with E-state index in [9.17, 15) is 4.39 Å². The van der Waals surface area contributed by atoms with Crippen LogP contribution in [0, 0.1) is 5.82 Å². The number of methoxy groups -OCH3 is 1. The van der Waals surface area contributed by atoms with Gasteiger partial charge in [-0.15, -0.1) is 24.0 Å². The average molecular weight is 479 g/mol. The summed E-state index contributed by atoms with van der Waals surface area (Å²) in [6, 6.07) is 7.07. The molecule has 148 valence electrons. The molecule has 0 radical (unpaired) electrons. The van der Waals surface area contributed by atoms with Crippen LogP contribution >= 0.6 is 24.0 Å². The van der Waals surface area contributed by atoms with Crippen LogP contribution in [0.1, 0.15) is 31.2 Å². The normalized spacial score (nSPS) is 15.3. The Morgan fingerprint density at radius 1 is 1.15 bits per heavy atom. The number of unbranched alkanes of at least 4 members (excludes halogenated alkanes) is 1. The zero-order valence-corrected chi connectivity index (χ0v) is 18.1. The average Bonchev–Trinajstić information content (AvgIpc) is 3.41. The molecule has 1 saturated carbocycles. The van der Waals surface area contributed by atoms with Crippen LogP contribution in [-0.4, -0.2) is 53.0 Å². The maximum absolute atomic E-state index is 14.0. The zero-order chi connectivity index (χ0) is 18.0. The minimum absolute atomic E-state index is 0. The highest BCUT2D eigenvalue weighted by molar-refractivity contribution is 14.0. The molecule has 0 atom stereocenters. The van der Waals surface area contributed by atoms with Gasteiger partial charge in [-0.1, -0.05) is 18.2 Å². The van der Waals surface area contributed by atoms with E-state index in [0.717, 1.165) is 50.4 Å². The van der Waals surface area contributed by atoms with Crippen molar-refractivity contribution in [3.05, 3.63) is 35.6 Å². The summed E-state index contributed by atoms with van der Waals surface area (Å²) in [5.41, 5.74) is 0.726. The molecule has 2 rings (SSSR count). The Hall–Kier alpha value is -0.930. The van der Waals surface area contributed by atoms with Gasteiger partial charge in [-0.3, -0.25) is 4.99 Å². The molecule has 0 saturated heterocycles. The van der Waals surface area contributed by atoms with Crippen LogP contribution in [0.5, 0.6) is 0 Å². The van der Waals surface area contributed by atoms with Crippen molar-refractivity contribution in [2.45, 2.75) is 31.1 Å². The molecule has 0 amide bonds. The summed E-state index contributed by atoms with van der Waals surface area (Å²) in [5, 5.41) is 6.64. The van der Waals surface area contributed by atoms with Crippen molar-refractivity contribution < 1.29 is 13.9 Å². The summed E-state index contributed by atoms with van der Waals surface area (Å²) in [4.78, 5) is 4.25. The zero-order valence-electron chi connectivity index (χ0n) is 15.7. The number of ether oxygens (including phenoxy) is 2. The highest BCUT2D eigenvalue weighted by atomic mass is 127. The second-order valence-electron chi connectivity index (χ2n) is 6.42. The van der Waals surface area contributed by atoms with E-state index in [2.05, 4.69) is 15.6 Å². The van der Waals surface area contributed by atoms with Gasteiger partial charge in [0.05, 0.1) is 13.2 Å². The Bertz CT molecular complexity index is 553. The molecular formula is C19H31FIN3O2. The number of rotatable bonds is 11. The number of nitrogens with one attached hydrogen (secondary N) is 2.